The van der Waals surface area contributed by atoms with Crippen LogP contribution in [0, 0.1) is 0 Å². The highest BCUT2D eigenvalue weighted by Crippen LogP contribution is 2.39. The van der Waals surface area contributed by atoms with Gasteiger partial charge in [0.15, 0.2) is 0 Å². The standard InChI is InChI=1S/C26H31N3O4S/c1-17(2)33-26(32)28-16-18(3)29(19(4)30)23-10-9-22(15-24(23)28)20-5-7-21(8-6-20)25(31)27-11-13-34-14-12-27/h5-10,15,17-18H,11-14,16H2,1-4H3. The van der Waals surface area contributed by atoms with Crippen LogP contribution in [-0.2, 0) is 9.53 Å². The zero-order valence-corrected chi connectivity index (χ0v) is 20.9. The van der Waals surface area contributed by atoms with E-state index in [4.69, 9.17) is 4.74 Å². The molecule has 4 rings (SSSR count). The number of rotatable bonds is 3. The summed E-state index contributed by atoms with van der Waals surface area (Å²) in [7, 11) is 0. The van der Waals surface area contributed by atoms with Crippen LogP contribution in [0.2, 0.25) is 0 Å². The second-order valence-corrected chi connectivity index (χ2v) is 10.2. The number of carbonyl (C=O) groups excluding carboxylic acids is 3. The van der Waals surface area contributed by atoms with Gasteiger partial charge in [0.25, 0.3) is 5.91 Å². The van der Waals surface area contributed by atoms with Crippen LogP contribution in [0.1, 0.15) is 38.1 Å². The average molecular weight is 482 g/mol. The number of carbonyl (C=O) groups is 3. The molecule has 0 saturated carbocycles. The number of benzene rings is 2. The molecule has 3 amide bonds. The van der Waals surface area contributed by atoms with Crippen LogP contribution >= 0.6 is 11.8 Å². The van der Waals surface area contributed by atoms with Gasteiger partial charge in [-0.2, -0.15) is 11.8 Å². The molecule has 0 bridgehead atoms. The second kappa shape index (κ2) is 10.1. The third kappa shape index (κ3) is 4.92. The number of ether oxygens (including phenoxy) is 1. The lowest BCUT2D eigenvalue weighted by Crippen LogP contribution is -2.51. The summed E-state index contributed by atoms with van der Waals surface area (Å²) in [6.07, 6.45) is -0.673. The first-order chi connectivity index (χ1) is 16.3. The zero-order chi connectivity index (χ0) is 24.4. The molecule has 180 valence electrons. The molecule has 8 heteroatoms. The monoisotopic (exact) mass is 481 g/mol. The summed E-state index contributed by atoms with van der Waals surface area (Å²) in [6.45, 7) is 9.00. The quantitative estimate of drug-likeness (QED) is 0.638. The molecule has 1 fully saturated rings. The summed E-state index contributed by atoms with van der Waals surface area (Å²) in [4.78, 5) is 43.3. The van der Waals surface area contributed by atoms with Gasteiger partial charge in [-0.1, -0.05) is 18.2 Å². The topological polar surface area (TPSA) is 70.2 Å². The van der Waals surface area contributed by atoms with Gasteiger partial charge in [-0.15, -0.1) is 0 Å². The Balaban J connectivity index is 1.65. The molecule has 0 N–H and O–H groups in total. The lowest BCUT2D eigenvalue weighted by Gasteiger charge is -2.40. The average Bonchev–Trinajstić information content (AvgIpc) is 2.82. The Hall–Kier alpha value is -3.00. The third-order valence-corrected chi connectivity index (χ3v) is 7.02. The summed E-state index contributed by atoms with van der Waals surface area (Å²) in [5.74, 6) is 1.94. The van der Waals surface area contributed by atoms with E-state index in [2.05, 4.69) is 0 Å². The normalized spacial score (nSPS) is 18.0. The van der Waals surface area contributed by atoms with Crippen molar-refractivity contribution in [3.05, 3.63) is 48.0 Å². The minimum Gasteiger partial charge on any atom is -0.446 e. The molecule has 2 aliphatic rings. The van der Waals surface area contributed by atoms with Crippen LogP contribution in [0.25, 0.3) is 11.1 Å². The number of anilines is 2. The summed E-state index contributed by atoms with van der Waals surface area (Å²) in [6, 6.07) is 13.1. The van der Waals surface area contributed by atoms with E-state index in [1.54, 1.807) is 9.80 Å². The molecule has 2 heterocycles. The van der Waals surface area contributed by atoms with Crippen molar-refractivity contribution in [2.45, 2.75) is 39.8 Å². The highest BCUT2D eigenvalue weighted by Gasteiger charge is 2.34. The van der Waals surface area contributed by atoms with Crippen molar-refractivity contribution < 1.29 is 19.1 Å². The fourth-order valence-electron chi connectivity index (χ4n) is 4.48. The van der Waals surface area contributed by atoms with Crippen LogP contribution < -0.4 is 9.80 Å². The van der Waals surface area contributed by atoms with E-state index >= 15 is 0 Å². The fraction of sp³-hybridized carbons (Fsp3) is 0.423. The lowest BCUT2D eigenvalue weighted by molar-refractivity contribution is -0.117. The first kappa shape index (κ1) is 24.1. The molecule has 2 aromatic carbocycles. The van der Waals surface area contributed by atoms with Crippen molar-refractivity contribution in [2.24, 2.45) is 0 Å². The molecule has 0 aliphatic carbocycles. The van der Waals surface area contributed by atoms with E-state index < -0.39 is 6.09 Å². The van der Waals surface area contributed by atoms with Crippen molar-refractivity contribution in [3.63, 3.8) is 0 Å². The number of thioether (sulfide) groups is 1. The summed E-state index contributed by atoms with van der Waals surface area (Å²) < 4.78 is 5.48. The van der Waals surface area contributed by atoms with Gasteiger partial charge < -0.3 is 14.5 Å². The molecular formula is C26H31N3O4S. The Kier molecular flexibility index (Phi) is 7.16. The van der Waals surface area contributed by atoms with E-state index in [1.807, 2.05) is 79.9 Å². The molecule has 1 atom stereocenters. The van der Waals surface area contributed by atoms with Crippen LogP contribution in [-0.4, -0.2) is 66.1 Å². The van der Waals surface area contributed by atoms with E-state index in [0.717, 1.165) is 35.7 Å². The SMILES string of the molecule is CC(=O)N1c2ccc(-c3ccc(C(=O)N4CCSCC4)cc3)cc2N(C(=O)OC(C)C)CC1C. The number of amides is 3. The largest absolute Gasteiger partial charge is 0.446 e. The maximum Gasteiger partial charge on any atom is 0.414 e. The predicted molar refractivity (Wildman–Crippen MR) is 137 cm³/mol. The molecule has 7 nitrogen and oxygen atoms in total. The number of nitrogens with zero attached hydrogens (tertiary/aromatic N) is 3. The number of fused-ring (bicyclic) bond motifs is 1. The summed E-state index contributed by atoms with van der Waals surface area (Å²) >= 11 is 1.87. The molecule has 0 spiro atoms. The van der Waals surface area contributed by atoms with Gasteiger partial charge in [0, 0.05) is 43.6 Å². The van der Waals surface area contributed by atoms with Crippen molar-refractivity contribution in [3.8, 4) is 11.1 Å². The molecule has 0 radical (unpaired) electrons. The Labute approximate surface area is 205 Å². The van der Waals surface area contributed by atoms with Crippen LogP contribution in [0.5, 0.6) is 0 Å². The maximum absolute atomic E-state index is 12.9. The van der Waals surface area contributed by atoms with Gasteiger partial charge in [0.05, 0.1) is 23.5 Å². The van der Waals surface area contributed by atoms with Crippen LogP contribution in [0.4, 0.5) is 16.2 Å². The minimum atomic E-state index is -0.427. The van der Waals surface area contributed by atoms with Gasteiger partial charge in [-0.25, -0.2) is 4.79 Å². The smallest absolute Gasteiger partial charge is 0.414 e. The van der Waals surface area contributed by atoms with Gasteiger partial charge in [0.1, 0.15) is 0 Å². The van der Waals surface area contributed by atoms with E-state index in [-0.39, 0.29) is 24.0 Å². The number of hydrogen-bond acceptors (Lipinski definition) is 5. The summed E-state index contributed by atoms with van der Waals surface area (Å²) in [5, 5.41) is 0. The molecule has 1 unspecified atom stereocenters. The minimum absolute atomic E-state index is 0.0611. The first-order valence-corrected chi connectivity index (χ1v) is 12.8. The fourth-order valence-corrected chi connectivity index (χ4v) is 5.38. The van der Waals surface area contributed by atoms with Crippen LogP contribution in [0.15, 0.2) is 42.5 Å². The van der Waals surface area contributed by atoms with Crippen molar-refractivity contribution >= 4 is 41.0 Å². The van der Waals surface area contributed by atoms with Crippen molar-refractivity contribution in [1.29, 1.82) is 0 Å². The zero-order valence-electron chi connectivity index (χ0n) is 20.1. The molecule has 1 saturated heterocycles. The van der Waals surface area contributed by atoms with Crippen molar-refractivity contribution in [2.75, 3.05) is 40.9 Å². The van der Waals surface area contributed by atoms with Gasteiger partial charge >= 0.3 is 6.09 Å². The van der Waals surface area contributed by atoms with Crippen LogP contribution in [0.3, 0.4) is 0 Å². The number of hydrogen-bond donors (Lipinski definition) is 0. The van der Waals surface area contributed by atoms with Gasteiger partial charge in [-0.3, -0.25) is 14.5 Å². The maximum atomic E-state index is 12.9. The molecule has 0 aromatic heterocycles. The lowest BCUT2D eigenvalue weighted by atomic mass is 9.99. The van der Waals surface area contributed by atoms with E-state index in [0.29, 0.717) is 23.5 Å². The molecular weight excluding hydrogens is 450 g/mol. The Morgan fingerprint density at radius 2 is 1.62 bits per heavy atom. The Morgan fingerprint density at radius 1 is 0.971 bits per heavy atom. The molecule has 2 aromatic rings. The predicted octanol–water partition coefficient (Wildman–Crippen LogP) is 4.65. The first-order valence-electron chi connectivity index (χ1n) is 11.7. The van der Waals surface area contributed by atoms with E-state index in [1.165, 1.54) is 6.92 Å². The van der Waals surface area contributed by atoms with Gasteiger partial charge in [-0.05, 0) is 56.2 Å². The highest BCUT2D eigenvalue weighted by molar-refractivity contribution is 7.99. The van der Waals surface area contributed by atoms with E-state index in [9.17, 15) is 14.4 Å². The van der Waals surface area contributed by atoms with Gasteiger partial charge in [0.2, 0.25) is 5.91 Å². The second-order valence-electron chi connectivity index (χ2n) is 8.97. The highest BCUT2D eigenvalue weighted by atomic mass is 32.2. The molecule has 34 heavy (non-hydrogen) atoms. The summed E-state index contributed by atoms with van der Waals surface area (Å²) in [5.41, 5.74) is 3.83. The van der Waals surface area contributed by atoms with Crippen molar-refractivity contribution in [1.82, 2.24) is 4.90 Å². The Bertz CT molecular complexity index is 1080. The molecule has 2 aliphatic heterocycles. The Morgan fingerprint density at radius 3 is 2.24 bits per heavy atom. The third-order valence-electron chi connectivity index (χ3n) is 6.07.